The van der Waals surface area contributed by atoms with Gasteiger partial charge in [0, 0.05) is 62.4 Å². The molecule has 6 heteroatoms. The van der Waals surface area contributed by atoms with Gasteiger partial charge in [-0.2, -0.15) is 0 Å². The molecule has 93 heavy (non-hydrogen) atoms. The second kappa shape index (κ2) is 21.5. The number of pyridine rings is 1. The minimum absolute atomic E-state index is 0.00961. The van der Waals surface area contributed by atoms with Crippen LogP contribution in [0.25, 0.3) is 88.5 Å². The number of fused-ring (bicyclic) bond motifs is 10. The van der Waals surface area contributed by atoms with E-state index in [2.05, 4.69) is 352 Å². The summed E-state index contributed by atoms with van der Waals surface area (Å²) in [4.78, 5) is 10.3. The third kappa shape index (κ3) is 9.02. The Morgan fingerprint density at radius 1 is 0.355 bits per heavy atom. The molecule has 1 aliphatic heterocycles. The Morgan fingerprint density at radius 3 is 1.51 bits per heavy atom. The van der Waals surface area contributed by atoms with E-state index in [1.165, 1.54) is 77.7 Å². The van der Waals surface area contributed by atoms with Crippen molar-refractivity contribution in [3.05, 3.63) is 331 Å². The molecular weight excluding hydrogens is 1130 g/mol. The number of nitrogens with zero attached hydrogens (tertiary/aromatic N) is 5. The number of aromatic nitrogens is 3. The van der Waals surface area contributed by atoms with E-state index in [0.717, 1.165) is 78.5 Å². The van der Waals surface area contributed by atoms with Crippen LogP contribution in [-0.4, -0.2) is 20.8 Å². The SMILES string of the molecule is CC(C)(C)c1ccc(C2(c3ccnc(-n4c5cc(Oc6cccc(N7CN(c8c(-c9ccccc9)cc(C(C)(C)C)cc8-c8ccccc8)c8ccccc87)c6)ccc5c5ccc(-n6c7ccccc7c7ccccc76)cc54)c3)c3ccccc3-c3ccccc32)cc1. The first kappa shape index (κ1) is 55.8. The number of hydrogen-bond donors (Lipinski definition) is 0. The van der Waals surface area contributed by atoms with Crippen molar-refractivity contribution in [3.8, 4) is 56.4 Å². The summed E-state index contributed by atoms with van der Waals surface area (Å²) in [5, 5.41) is 4.66. The molecule has 0 fully saturated rings. The van der Waals surface area contributed by atoms with E-state index in [9.17, 15) is 0 Å². The first-order valence-corrected chi connectivity index (χ1v) is 32.4. The quantitative estimate of drug-likeness (QED) is 0.137. The van der Waals surface area contributed by atoms with Gasteiger partial charge in [-0.1, -0.05) is 236 Å². The highest BCUT2D eigenvalue weighted by Gasteiger charge is 2.46. The van der Waals surface area contributed by atoms with E-state index in [1.807, 2.05) is 6.20 Å². The highest BCUT2D eigenvalue weighted by molar-refractivity contribution is 6.12. The fourth-order valence-electron chi connectivity index (χ4n) is 15.2. The maximum atomic E-state index is 7.16. The molecule has 0 bridgehead atoms. The summed E-state index contributed by atoms with van der Waals surface area (Å²) in [7, 11) is 0. The number of hydrogen-bond acceptors (Lipinski definition) is 4. The van der Waals surface area contributed by atoms with Gasteiger partial charge in [-0.25, -0.2) is 4.98 Å². The molecule has 448 valence electrons. The molecule has 2 aliphatic rings. The lowest BCUT2D eigenvalue weighted by atomic mass is 9.67. The van der Waals surface area contributed by atoms with Gasteiger partial charge in [0.2, 0.25) is 0 Å². The summed E-state index contributed by atoms with van der Waals surface area (Å²) in [6.45, 7) is 14.4. The van der Waals surface area contributed by atoms with E-state index in [4.69, 9.17) is 9.72 Å². The summed E-state index contributed by atoms with van der Waals surface area (Å²) in [6, 6.07) is 107. The van der Waals surface area contributed by atoms with Gasteiger partial charge in [0.25, 0.3) is 0 Å². The fourth-order valence-corrected chi connectivity index (χ4v) is 15.2. The van der Waals surface area contributed by atoms with Crippen molar-refractivity contribution >= 4 is 66.4 Å². The fraction of sp³-hybridized carbons (Fsp3) is 0.115. The standard InChI is InChI=1S/C87H69N5O/c1-85(2,3)59-40-42-60(43-41-59)87(75-34-17-13-30-67(75)68-31-14-18-35-76(68)87)61-48-49-88-83(52-61)92-81-54-64(91-77-36-19-15-32-69(77)70-33-16-20-37-78(70)91)44-46-71(81)72-47-45-66(55-82(72)92)93-65-29-23-28-63(53-65)89-56-90(80-39-22-21-38-79(80)89)84-73(57-24-9-7-10-25-57)50-62(86(4,5)6)51-74(84)58-26-11-8-12-27-58/h7-55H,56H2,1-6H3. The average Bonchev–Trinajstić information content (AvgIpc) is 1.57. The van der Waals surface area contributed by atoms with Crippen LogP contribution in [0.5, 0.6) is 11.5 Å². The molecule has 0 N–H and O–H groups in total. The molecule has 0 spiro atoms. The van der Waals surface area contributed by atoms with Crippen LogP contribution in [0.1, 0.15) is 74.9 Å². The topological polar surface area (TPSA) is 38.5 Å². The summed E-state index contributed by atoms with van der Waals surface area (Å²) >= 11 is 0. The molecule has 4 heterocycles. The van der Waals surface area contributed by atoms with Gasteiger partial charge >= 0.3 is 0 Å². The Morgan fingerprint density at radius 2 is 0.882 bits per heavy atom. The zero-order valence-electron chi connectivity index (χ0n) is 53.1. The lowest BCUT2D eigenvalue weighted by Crippen LogP contribution is -2.29. The van der Waals surface area contributed by atoms with Gasteiger partial charge in [-0.05, 0) is 151 Å². The molecule has 0 radical (unpaired) electrons. The van der Waals surface area contributed by atoms with Crippen molar-refractivity contribution in [3.63, 3.8) is 0 Å². The Labute approximate surface area is 543 Å². The molecule has 0 saturated heterocycles. The first-order valence-electron chi connectivity index (χ1n) is 32.4. The monoisotopic (exact) mass is 1200 g/mol. The van der Waals surface area contributed by atoms with E-state index in [0.29, 0.717) is 6.67 Å². The predicted octanol–water partition coefficient (Wildman–Crippen LogP) is 22.6. The van der Waals surface area contributed by atoms with Gasteiger partial charge in [0.15, 0.2) is 0 Å². The molecule has 3 aromatic heterocycles. The van der Waals surface area contributed by atoms with Crippen LogP contribution in [0.3, 0.4) is 0 Å². The van der Waals surface area contributed by atoms with Crippen LogP contribution < -0.4 is 14.5 Å². The molecule has 0 unspecified atom stereocenters. The smallest absolute Gasteiger partial charge is 0.137 e. The molecule has 12 aromatic carbocycles. The predicted molar refractivity (Wildman–Crippen MR) is 387 cm³/mol. The molecule has 6 nitrogen and oxygen atoms in total. The number of para-hydroxylation sites is 4. The van der Waals surface area contributed by atoms with Crippen LogP contribution in [0.4, 0.5) is 22.7 Å². The summed E-state index contributed by atoms with van der Waals surface area (Å²) in [5.74, 6) is 2.27. The minimum atomic E-state index is -0.647. The van der Waals surface area contributed by atoms with Gasteiger partial charge in [0.1, 0.15) is 24.0 Å². The third-order valence-electron chi connectivity index (χ3n) is 19.6. The zero-order chi connectivity index (χ0) is 62.7. The molecule has 0 amide bonds. The van der Waals surface area contributed by atoms with Crippen LogP contribution in [-0.2, 0) is 16.2 Å². The number of ether oxygens (including phenoxy) is 1. The van der Waals surface area contributed by atoms with E-state index in [-0.39, 0.29) is 10.8 Å². The summed E-state index contributed by atoms with van der Waals surface area (Å²) in [5.41, 5.74) is 23.9. The van der Waals surface area contributed by atoms with Crippen LogP contribution >= 0.6 is 0 Å². The number of benzene rings is 12. The molecule has 17 rings (SSSR count). The third-order valence-corrected chi connectivity index (χ3v) is 19.6. The van der Waals surface area contributed by atoms with E-state index >= 15 is 0 Å². The van der Waals surface area contributed by atoms with Crippen molar-refractivity contribution in [2.24, 2.45) is 0 Å². The van der Waals surface area contributed by atoms with Gasteiger partial charge in [-0.15, -0.1) is 0 Å². The zero-order valence-corrected chi connectivity index (χ0v) is 53.1. The van der Waals surface area contributed by atoms with Crippen LogP contribution in [0.15, 0.2) is 297 Å². The normalized spacial score (nSPS) is 13.5. The van der Waals surface area contributed by atoms with Crippen molar-refractivity contribution in [1.82, 2.24) is 14.1 Å². The largest absolute Gasteiger partial charge is 0.457 e. The Balaban J connectivity index is 0.816. The summed E-state index contributed by atoms with van der Waals surface area (Å²) < 4.78 is 11.9. The van der Waals surface area contributed by atoms with E-state index < -0.39 is 5.41 Å². The first-order chi connectivity index (χ1) is 45.4. The molecule has 0 saturated carbocycles. The van der Waals surface area contributed by atoms with Crippen LogP contribution in [0.2, 0.25) is 0 Å². The lowest BCUT2D eigenvalue weighted by Gasteiger charge is -2.34. The maximum absolute atomic E-state index is 7.16. The summed E-state index contributed by atoms with van der Waals surface area (Å²) in [6.07, 6.45) is 2.02. The molecule has 1 aliphatic carbocycles. The molecular formula is C87H69N5O. The number of anilines is 4. The average molecular weight is 1200 g/mol. The highest BCUT2D eigenvalue weighted by Crippen LogP contribution is 2.57. The molecule has 15 aromatic rings. The van der Waals surface area contributed by atoms with Crippen molar-refractivity contribution in [1.29, 1.82) is 0 Å². The van der Waals surface area contributed by atoms with Crippen molar-refractivity contribution in [2.75, 3.05) is 16.5 Å². The second-order valence-corrected chi connectivity index (χ2v) is 27.1. The highest BCUT2D eigenvalue weighted by atomic mass is 16.5. The molecule has 0 atom stereocenters. The minimum Gasteiger partial charge on any atom is -0.457 e. The lowest BCUT2D eigenvalue weighted by molar-refractivity contribution is 0.483. The van der Waals surface area contributed by atoms with Crippen LogP contribution in [0, 0.1) is 0 Å². The van der Waals surface area contributed by atoms with Gasteiger partial charge < -0.3 is 19.1 Å². The van der Waals surface area contributed by atoms with Gasteiger partial charge in [-0.3, -0.25) is 4.57 Å². The Kier molecular flexibility index (Phi) is 12.9. The van der Waals surface area contributed by atoms with Crippen molar-refractivity contribution in [2.45, 2.75) is 57.8 Å². The Hall–Kier alpha value is -11.2. The van der Waals surface area contributed by atoms with Crippen molar-refractivity contribution < 1.29 is 4.74 Å². The Bertz CT molecular complexity index is 5270. The van der Waals surface area contributed by atoms with Gasteiger partial charge in [0.05, 0.1) is 44.5 Å². The number of rotatable bonds is 10. The maximum Gasteiger partial charge on any atom is 0.137 e. The second-order valence-electron chi connectivity index (χ2n) is 27.1. The van der Waals surface area contributed by atoms with E-state index in [1.54, 1.807) is 0 Å².